The molecule has 2 N–H and O–H groups in total. The number of nitrogens with one attached hydrogen (secondary N) is 1. The Morgan fingerprint density at radius 3 is 2.62 bits per heavy atom. The predicted octanol–water partition coefficient (Wildman–Crippen LogP) is 2.11. The number of piperidine rings is 1. The molecule has 2 aromatic heterocycles. The second kappa shape index (κ2) is 6.39. The van der Waals surface area contributed by atoms with E-state index in [0.29, 0.717) is 18.8 Å². The number of carboxylic acid groups (broad SMARTS) is 1. The van der Waals surface area contributed by atoms with Crippen molar-refractivity contribution in [2.45, 2.75) is 51.6 Å². The molecule has 1 fully saturated rings. The SMILES string of the molecule is Cc1ncc(CN2CCC(C(=O)O)(n3ccc(C(C)C)n3)CC2)[nH]1. The lowest BCUT2D eigenvalue weighted by Crippen LogP contribution is -2.51. The minimum atomic E-state index is -0.937. The average Bonchev–Trinajstić information content (AvgIpc) is 3.17. The topological polar surface area (TPSA) is 87.0 Å². The highest BCUT2D eigenvalue weighted by molar-refractivity contribution is 5.76. The fourth-order valence-corrected chi connectivity index (χ4v) is 3.30. The molecule has 0 amide bonds. The summed E-state index contributed by atoms with van der Waals surface area (Å²) in [6.07, 6.45) is 4.76. The fourth-order valence-electron chi connectivity index (χ4n) is 3.30. The second-order valence-corrected chi connectivity index (χ2v) is 6.95. The zero-order chi connectivity index (χ0) is 17.3. The predicted molar refractivity (Wildman–Crippen MR) is 89.8 cm³/mol. The number of hydrogen-bond acceptors (Lipinski definition) is 4. The summed E-state index contributed by atoms with van der Waals surface area (Å²) in [5, 5.41) is 14.4. The molecule has 1 saturated heterocycles. The van der Waals surface area contributed by atoms with Gasteiger partial charge in [0.25, 0.3) is 0 Å². The highest BCUT2D eigenvalue weighted by Gasteiger charge is 2.44. The Bertz CT molecular complexity index is 710. The van der Waals surface area contributed by atoms with Crippen molar-refractivity contribution >= 4 is 5.97 Å². The quantitative estimate of drug-likeness (QED) is 0.876. The first-order valence-corrected chi connectivity index (χ1v) is 8.43. The standard InChI is InChI=1S/C17H25N5O2/c1-12(2)15-4-7-22(20-15)17(16(23)24)5-8-21(9-6-17)11-14-10-18-13(3)19-14/h4,7,10,12H,5-6,8-9,11H2,1-3H3,(H,18,19)(H,23,24). The highest BCUT2D eigenvalue weighted by atomic mass is 16.4. The van der Waals surface area contributed by atoms with Gasteiger partial charge in [-0.1, -0.05) is 13.8 Å². The third-order valence-corrected chi connectivity index (χ3v) is 4.87. The Balaban J connectivity index is 1.73. The number of aryl methyl sites for hydroxylation is 1. The maximum absolute atomic E-state index is 12.0. The normalized spacial score (nSPS) is 18.2. The Morgan fingerprint density at radius 2 is 2.12 bits per heavy atom. The van der Waals surface area contributed by atoms with Crippen LogP contribution < -0.4 is 0 Å². The molecule has 0 aliphatic carbocycles. The van der Waals surface area contributed by atoms with Gasteiger partial charge in [-0.15, -0.1) is 0 Å². The van der Waals surface area contributed by atoms with Crippen LogP contribution >= 0.6 is 0 Å². The minimum absolute atomic E-state index is 0.292. The molecule has 130 valence electrons. The van der Waals surface area contributed by atoms with E-state index in [2.05, 4.69) is 33.8 Å². The molecule has 24 heavy (non-hydrogen) atoms. The van der Waals surface area contributed by atoms with Crippen LogP contribution in [0.25, 0.3) is 0 Å². The van der Waals surface area contributed by atoms with Crippen LogP contribution in [0.15, 0.2) is 18.5 Å². The van der Waals surface area contributed by atoms with E-state index in [0.717, 1.165) is 36.8 Å². The molecular formula is C17H25N5O2. The molecule has 0 unspecified atom stereocenters. The van der Waals surface area contributed by atoms with Gasteiger partial charge in [-0.25, -0.2) is 9.78 Å². The number of aromatic nitrogens is 4. The summed E-state index contributed by atoms with van der Waals surface area (Å²) >= 11 is 0. The number of nitrogens with zero attached hydrogens (tertiary/aromatic N) is 4. The maximum Gasteiger partial charge on any atom is 0.331 e. The Hall–Kier alpha value is -2.15. The number of rotatable bonds is 5. The van der Waals surface area contributed by atoms with Crippen molar-refractivity contribution in [1.82, 2.24) is 24.6 Å². The lowest BCUT2D eigenvalue weighted by atomic mass is 9.87. The van der Waals surface area contributed by atoms with Crippen molar-refractivity contribution in [1.29, 1.82) is 0 Å². The summed E-state index contributed by atoms with van der Waals surface area (Å²) in [4.78, 5) is 21.7. The van der Waals surface area contributed by atoms with E-state index < -0.39 is 11.5 Å². The number of hydrogen-bond donors (Lipinski definition) is 2. The summed E-state index contributed by atoms with van der Waals surface area (Å²) in [6.45, 7) is 8.28. The number of aliphatic carboxylic acids is 1. The lowest BCUT2D eigenvalue weighted by molar-refractivity contribution is -0.151. The number of aromatic amines is 1. The van der Waals surface area contributed by atoms with Gasteiger partial charge >= 0.3 is 5.97 Å². The van der Waals surface area contributed by atoms with E-state index >= 15 is 0 Å². The van der Waals surface area contributed by atoms with Gasteiger partial charge in [-0.3, -0.25) is 9.58 Å². The Labute approximate surface area is 141 Å². The smallest absolute Gasteiger partial charge is 0.331 e. The zero-order valence-corrected chi connectivity index (χ0v) is 14.5. The van der Waals surface area contributed by atoms with Gasteiger partial charge in [0.1, 0.15) is 5.82 Å². The number of likely N-dealkylation sites (tertiary alicyclic amines) is 1. The summed E-state index contributed by atoms with van der Waals surface area (Å²) in [6, 6.07) is 1.93. The third kappa shape index (κ3) is 3.08. The van der Waals surface area contributed by atoms with Gasteiger partial charge < -0.3 is 10.1 Å². The second-order valence-electron chi connectivity index (χ2n) is 6.95. The number of imidazole rings is 1. The zero-order valence-electron chi connectivity index (χ0n) is 14.5. The van der Waals surface area contributed by atoms with Crippen LogP contribution in [-0.2, 0) is 16.9 Å². The molecule has 0 bridgehead atoms. The molecule has 1 aliphatic heterocycles. The molecule has 0 radical (unpaired) electrons. The van der Waals surface area contributed by atoms with Crippen LogP contribution in [-0.4, -0.2) is 48.8 Å². The average molecular weight is 331 g/mol. The minimum Gasteiger partial charge on any atom is -0.479 e. The van der Waals surface area contributed by atoms with E-state index in [4.69, 9.17) is 0 Å². The Morgan fingerprint density at radius 1 is 1.42 bits per heavy atom. The van der Waals surface area contributed by atoms with Crippen molar-refractivity contribution in [3.8, 4) is 0 Å². The first kappa shape index (κ1) is 16.7. The molecule has 1 aliphatic rings. The molecule has 3 heterocycles. The lowest BCUT2D eigenvalue weighted by Gasteiger charge is -2.38. The van der Waals surface area contributed by atoms with E-state index in [1.807, 2.05) is 25.4 Å². The van der Waals surface area contributed by atoms with Crippen LogP contribution in [0.1, 0.15) is 49.8 Å². The first-order valence-electron chi connectivity index (χ1n) is 8.43. The van der Waals surface area contributed by atoms with Crippen LogP contribution in [0.5, 0.6) is 0 Å². The first-order chi connectivity index (χ1) is 11.4. The summed E-state index contributed by atoms with van der Waals surface area (Å²) in [7, 11) is 0. The summed E-state index contributed by atoms with van der Waals surface area (Å²) in [5.74, 6) is 0.401. The third-order valence-electron chi connectivity index (χ3n) is 4.87. The van der Waals surface area contributed by atoms with Gasteiger partial charge in [0.2, 0.25) is 0 Å². The molecule has 0 saturated carbocycles. The molecule has 0 atom stereocenters. The van der Waals surface area contributed by atoms with E-state index in [-0.39, 0.29) is 0 Å². The van der Waals surface area contributed by atoms with Crippen LogP contribution in [0.4, 0.5) is 0 Å². The van der Waals surface area contributed by atoms with Gasteiger partial charge in [0, 0.05) is 37.7 Å². The monoisotopic (exact) mass is 331 g/mol. The van der Waals surface area contributed by atoms with E-state index in [9.17, 15) is 9.90 Å². The number of carbonyl (C=O) groups is 1. The number of H-pyrrole nitrogens is 1. The molecule has 7 nitrogen and oxygen atoms in total. The van der Waals surface area contributed by atoms with Crippen molar-refractivity contribution < 1.29 is 9.90 Å². The van der Waals surface area contributed by atoms with E-state index in [1.165, 1.54) is 0 Å². The fraction of sp³-hybridized carbons (Fsp3) is 0.588. The summed E-state index contributed by atoms with van der Waals surface area (Å²) < 4.78 is 1.67. The van der Waals surface area contributed by atoms with Gasteiger partial charge in [0.05, 0.1) is 5.69 Å². The highest BCUT2D eigenvalue weighted by Crippen LogP contribution is 2.31. The van der Waals surface area contributed by atoms with Crippen molar-refractivity contribution in [3.05, 3.63) is 35.7 Å². The Kier molecular flexibility index (Phi) is 4.45. The van der Waals surface area contributed by atoms with Crippen LogP contribution in [0.2, 0.25) is 0 Å². The van der Waals surface area contributed by atoms with Crippen LogP contribution in [0, 0.1) is 6.92 Å². The van der Waals surface area contributed by atoms with Gasteiger partial charge in [0.15, 0.2) is 5.54 Å². The largest absolute Gasteiger partial charge is 0.479 e. The van der Waals surface area contributed by atoms with Crippen LogP contribution in [0.3, 0.4) is 0 Å². The van der Waals surface area contributed by atoms with Crippen molar-refractivity contribution in [2.75, 3.05) is 13.1 Å². The number of carboxylic acids is 1. The molecule has 0 aromatic carbocycles. The van der Waals surface area contributed by atoms with Crippen molar-refractivity contribution in [2.24, 2.45) is 0 Å². The molecular weight excluding hydrogens is 306 g/mol. The molecule has 0 spiro atoms. The summed E-state index contributed by atoms with van der Waals surface area (Å²) in [5.41, 5.74) is 1.07. The van der Waals surface area contributed by atoms with Gasteiger partial charge in [-0.2, -0.15) is 5.10 Å². The molecule has 2 aromatic rings. The molecule has 3 rings (SSSR count). The molecule has 7 heteroatoms. The van der Waals surface area contributed by atoms with E-state index in [1.54, 1.807) is 4.68 Å². The maximum atomic E-state index is 12.0. The van der Waals surface area contributed by atoms with Crippen molar-refractivity contribution in [3.63, 3.8) is 0 Å². The van der Waals surface area contributed by atoms with Gasteiger partial charge in [-0.05, 0) is 31.7 Å².